The minimum Gasteiger partial charge on any atom is -0.508 e. The van der Waals surface area contributed by atoms with Crippen molar-refractivity contribution >= 4 is 83.4 Å². The van der Waals surface area contributed by atoms with Gasteiger partial charge in [0.25, 0.3) is 5.91 Å². The molecule has 0 saturated carbocycles. The lowest BCUT2D eigenvalue weighted by molar-refractivity contribution is -0.142. The van der Waals surface area contributed by atoms with E-state index >= 15 is 0 Å². The smallest absolute Gasteiger partial charge is 0.433 e. The van der Waals surface area contributed by atoms with E-state index < -0.39 is 23.8 Å². The Balaban J connectivity index is 1.47. The average Bonchev–Trinajstić information content (AvgIpc) is 3.69. The summed E-state index contributed by atoms with van der Waals surface area (Å²) >= 11 is 15.3. The number of rotatable bonds is 4. The predicted molar refractivity (Wildman–Crippen MR) is 154 cm³/mol. The summed E-state index contributed by atoms with van der Waals surface area (Å²) in [6.45, 7) is 0. The third-order valence-corrected chi connectivity index (χ3v) is 9.51. The zero-order valence-electron chi connectivity index (χ0n) is 19.7. The number of aromatic hydroxyl groups is 1. The first-order valence-electron chi connectivity index (χ1n) is 11.4. The van der Waals surface area contributed by atoms with Gasteiger partial charge in [0.2, 0.25) is 0 Å². The molecule has 0 aliphatic carbocycles. The lowest BCUT2D eigenvalue weighted by Gasteiger charge is -2.22. The van der Waals surface area contributed by atoms with Crippen LogP contribution in [0.4, 0.5) is 13.2 Å². The number of hydrazone groups is 1. The Morgan fingerprint density at radius 2 is 1.82 bits per heavy atom. The number of alkyl halides is 3. The molecule has 0 radical (unpaired) electrons. The van der Waals surface area contributed by atoms with Crippen molar-refractivity contribution in [2.45, 2.75) is 18.6 Å². The van der Waals surface area contributed by atoms with E-state index in [-0.39, 0.29) is 29.2 Å². The summed E-state index contributed by atoms with van der Waals surface area (Å²) in [4.78, 5) is 19.4. The number of fused-ring (bicyclic) bond motifs is 1. The maximum Gasteiger partial charge on any atom is 0.433 e. The molecule has 0 bridgehead atoms. The summed E-state index contributed by atoms with van der Waals surface area (Å²) in [5, 5.41) is 20.3. The maximum atomic E-state index is 14.1. The minimum absolute atomic E-state index is 0.0508. The summed E-state index contributed by atoms with van der Waals surface area (Å²) in [5.41, 5.74) is -0.472. The van der Waals surface area contributed by atoms with Crippen LogP contribution in [0.15, 0.2) is 68.0 Å². The summed E-state index contributed by atoms with van der Waals surface area (Å²) in [7, 11) is 0. The van der Waals surface area contributed by atoms with Crippen LogP contribution in [-0.2, 0) is 6.18 Å². The molecule has 0 saturated heterocycles. The van der Waals surface area contributed by atoms with Gasteiger partial charge in [0.15, 0.2) is 17.0 Å². The number of carbonyl (C=O) groups excluding carboxylic acids is 1. The van der Waals surface area contributed by atoms with Crippen molar-refractivity contribution < 1.29 is 23.1 Å². The number of phenolic OH excluding ortho intramolecular Hbond substituents is 1. The summed E-state index contributed by atoms with van der Waals surface area (Å²) in [6.07, 6.45) is -4.51. The molecule has 1 aromatic carbocycles. The van der Waals surface area contributed by atoms with Crippen molar-refractivity contribution in [2.75, 3.05) is 0 Å². The number of halogens is 6. The molecule has 204 valence electrons. The van der Waals surface area contributed by atoms with Crippen LogP contribution in [0.25, 0.3) is 16.2 Å². The molecule has 6 rings (SSSR count). The number of amides is 1. The van der Waals surface area contributed by atoms with Crippen molar-refractivity contribution in [2.24, 2.45) is 5.10 Å². The van der Waals surface area contributed by atoms with Crippen LogP contribution in [0.1, 0.15) is 39.1 Å². The Hall–Kier alpha value is -2.78. The van der Waals surface area contributed by atoms with Crippen molar-refractivity contribution in [1.29, 1.82) is 0 Å². The third-order valence-electron chi connectivity index (χ3n) is 6.09. The van der Waals surface area contributed by atoms with Gasteiger partial charge in [-0.3, -0.25) is 4.79 Å². The molecular formula is C25H13Br2ClF3N5O2S2. The highest BCUT2D eigenvalue weighted by molar-refractivity contribution is 9.11. The Morgan fingerprint density at radius 3 is 2.50 bits per heavy atom. The highest BCUT2D eigenvalue weighted by Crippen LogP contribution is 2.41. The number of nitrogens with zero attached hydrogens (tertiary/aromatic N) is 5. The zero-order valence-corrected chi connectivity index (χ0v) is 25.2. The Morgan fingerprint density at radius 1 is 1.05 bits per heavy atom. The lowest BCUT2D eigenvalue weighted by atomic mass is 10.00. The number of benzene rings is 1. The average molecular weight is 732 g/mol. The molecule has 5 heterocycles. The van der Waals surface area contributed by atoms with Crippen molar-refractivity contribution in [3.63, 3.8) is 0 Å². The SMILES string of the molecule is O=C(c1cc2nc(-c3ccc(Cl)s3)cc(C(F)(F)F)n2n1)N1N=C(c2ccc(Br)s2)CC1c1cc(Br)ccc1O. The summed E-state index contributed by atoms with van der Waals surface area (Å²) < 4.78 is 44.8. The number of hydrogen-bond donors (Lipinski definition) is 1. The molecule has 1 aliphatic rings. The van der Waals surface area contributed by atoms with Crippen molar-refractivity contribution in [1.82, 2.24) is 19.6 Å². The van der Waals surface area contributed by atoms with Crippen molar-refractivity contribution in [3.8, 4) is 16.3 Å². The van der Waals surface area contributed by atoms with E-state index in [2.05, 4.69) is 47.0 Å². The molecule has 1 aliphatic heterocycles. The molecule has 1 amide bonds. The zero-order chi connectivity index (χ0) is 28.3. The number of hydrogen-bond acceptors (Lipinski definition) is 7. The topological polar surface area (TPSA) is 83.1 Å². The molecule has 0 fully saturated rings. The first-order valence-corrected chi connectivity index (χ1v) is 15.0. The molecule has 1 unspecified atom stereocenters. The normalized spacial score (nSPS) is 15.7. The monoisotopic (exact) mass is 729 g/mol. The minimum atomic E-state index is -4.78. The van der Waals surface area contributed by atoms with Gasteiger partial charge >= 0.3 is 6.18 Å². The van der Waals surface area contributed by atoms with Crippen LogP contribution < -0.4 is 0 Å². The highest BCUT2D eigenvalue weighted by Gasteiger charge is 2.39. The van der Waals surface area contributed by atoms with E-state index in [1.54, 1.807) is 24.3 Å². The third kappa shape index (κ3) is 5.07. The molecule has 1 atom stereocenters. The second-order valence-electron chi connectivity index (χ2n) is 8.65. The fraction of sp³-hybridized carbons (Fsp3) is 0.120. The van der Waals surface area contributed by atoms with Crippen LogP contribution in [0.5, 0.6) is 5.75 Å². The van der Waals surface area contributed by atoms with Gasteiger partial charge in [-0.1, -0.05) is 27.5 Å². The number of phenols is 1. The van der Waals surface area contributed by atoms with Gasteiger partial charge in [0.05, 0.1) is 35.3 Å². The fourth-order valence-corrected chi connectivity index (χ4v) is 7.09. The lowest BCUT2D eigenvalue weighted by Crippen LogP contribution is -2.27. The van der Waals surface area contributed by atoms with Gasteiger partial charge in [0.1, 0.15) is 5.75 Å². The molecule has 1 N–H and O–H groups in total. The van der Waals surface area contributed by atoms with E-state index in [0.29, 0.717) is 29.5 Å². The quantitative estimate of drug-likeness (QED) is 0.201. The standard InChI is InChI=1S/C25H13Br2ClF3N5O2S2/c26-11-1-2-17(37)12(7-11)16-8-14(19-3-5-21(27)39-19)33-35(16)24(38)15-10-23-32-13(18-4-6-22(28)40-18)9-20(25(29,30)31)36(23)34-15/h1-7,9-10,16,37H,8H2. The molecular weight excluding hydrogens is 719 g/mol. The van der Waals surface area contributed by atoms with Crippen LogP contribution in [0, 0.1) is 0 Å². The molecule has 5 aromatic rings. The van der Waals surface area contributed by atoms with Crippen LogP contribution in [0.3, 0.4) is 0 Å². The van der Waals surface area contributed by atoms with E-state index in [0.717, 1.165) is 31.1 Å². The molecule has 0 spiro atoms. The maximum absolute atomic E-state index is 14.1. The molecule has 4 aromatic heterocycles. The van der Waals surface area contributed by atoms with E-state index in [1.807, 2.05) is 12.1 Å². The van der Waals surface area contributed by atoms with Crippen LogP contribution >= 0.6 is 66.1 Å². The first-order chi connectivity index (χ1) is 19.0. The molecule has 7 nitrogen and oxygen atoms in total. The number of carbonyl (C=O) groups is 1. The van der Waals surface area contributed by atoms with Gasteiger partial charge in [-0.05, 0) is 64.5 Å². The van der Waals surface area contributed by atoms with E-state index in [1.165, 1.54) is 23.5 Å². The van der Waals surface area contributed by atoms with Gasteiger partial charge in [-0.15, -0.1) is 22.7 Å². The number of aromatic nitrogens is 3. The Labute approximate surface area is 253 Å². The largest absolute Gasteiger partial charge is 0.508 e. The highest BCUT2D eigenvalue weighted by atomic mass is 79.9. The Kier molecular flexibility index (Phi) is 7.02. The van der Waals surface area contributed by atoms with Gasteiger partial charge in [-0.25, -0.2) is 14.5 Å². The van der Waals surface area contributed by atoms with Gasteiger partial charge < -0.3 is 5.11 Å². The predicted octanol–water partition coefficient (Wildman–Crippen LogP) is 8.41. The fourth-order valence-electron chi connectivity index (χ4n) is 4.33. The van der Waals surface area contributed by atoms with Crippen molar-refractivity contribution in [3.05, 3.63) is 89.0 Å². The van der Waals surface area contributed by atoms with Crippen LogP contribution in [-0.4, -0.2) is 36.3 Å². The van der Waals surface area contributed by atoms with E-state index in [4.69, 9.17) is 11.6 Å². The molecule has 15 heteroatoms. The van der Waals surface area contributed by atoms with Gasteiger partial charge in [-0.2, -0.15) is 23.4 Å². The number of thiophene rings is 2. The first kappa shape index (κ1) is 27.4. The second-order valence-corrected chi connectivity index (χ2v) is 13.7. The van der Waals surface area contributed by atoms with Crippen LogP contribution in [0.2, 0.25) is 4.34 Å². The van der Waals surface area contributed by atoms with E-state index in [9.17, 15) is 23.1 Å². The molecule has 40 heavy (non-hydrogen) atoms. The van der Waals surface area contributed by atoms with Gasteiger partial charge in [0, 0.05) is 22.5 Å². The summed E-state index contributed by atoms with van der Waals surface area (Å²) in [5.74, 6) is -0.792. The Bertz CT molecular complexity index is 1830. The summed E-state index contributed by atoms with van der Waals surface area (Å²) in [6, 6.07) is 13.0. The second kappa shape index (κ2) is 10.2.